The predicted molar refractivity (Wildman–Crippen MR) is 66.1 cm³/mol. The second kappa shape index (κ2) is 8.20. The number of hydrogen-bond donors (Lipinski definition) is 0. The van der Waals surface area contributed by atoms with Crippen LogP contribution in [0.4, 0.5) is 0 Å². The third-order valence-electron chi connectivity index (χ3n) is 1.83. The van der Waals surface area contributed by atoms with E-state index in [-0.39, 0.29) is 18.9 Å². The topological polar surface area (TPSA) is 35.5 Å². The molecule has 0 saturated carbocycles. The van der Waals surface area contributed by atoms with Gasteiger partial charge >= 0.3 is 7.60 Å². The van der Waals surface area contributed by atoms with Crippen molar-refractivity contribution in [3.05, 3.63) is 12.7 Å². The van der Waals surface area contributed by atoms with Crippen molar-refractivity contribution in [2.45, 2.75) is 26.4 Å². The van der Waals surface area contributed by atoms with Crippen LogP contribution in [0.3, 0.4) is 0 Å². The molecular weight excluding hydrogens is 223 g/mol. The van der Waals surface area contributed by atoms with E-state index < -0.39 is 7.60 Å². The molecule has 0 aliphatic carbocycles. The molecule has 0 spiro atoms. The Labute approximate surface area is 97.8 Å². The minimum absolute atomic E-state index is 0.0888. The summed E-state index contributed by atoms with van der Waals surface area (Å²) in [6.07, 6.45) is 1.54. The van der Waals surface area contributed by atoms with Crippen LogP contribution in [0.1, 0.15) is 20.8 Å². The Morgan fingerprint density at radius 1 is 1.25 bits per heavy atom. The fourth-order valence-electron chi connectivity index (χ4n) is 0.790. The van der Waals surface area contributed by atoms with Gasteiger partial charge in [0, 0.05) is 0 Å². The van der Waals surface area contributed by atoms with Crippen LogP contribution in [-0.2, 0) is 13.6 Å². The Balaban J connectivity index is 4.56. The smallest absolute Gasteiger partial charge is 0.295 e. The molecule has 0 aromatic carbocycles. The minimum Gasteiger partial charge on any atom is -0.295 e. The molecule has 0 rings (SSSR count). The highest BCUT2D eigenvalue weighted by atomic mass is 31.2. The first-order chi connectivity index (χ1) is 7.60. The molecule has 0 fully saturated rings. The van der Waals surface area contributed by atoms with Crippen LogP contribution in [-0.4, -0.2) is 18.9 Å². The summed E-state index contributed by atoms with van der Waals surface area (Å²) in [7, 11) is -3.19. The molecule has 0 saturated heterocycles. The number of hydrogen-bond acceptors (Lipinski definition) is 3. The van der Waals surface area contributed by atoms with Gasteiger partial charge in [0.1, 0.15) is 13.2 Å². The first-order valence-corrected chi connectivity index (χ1v) is 6.52. The van der Waals surface area contributed by atoms with Gasteiger partial charge < -0.3 is 0 Å². The standard InChI is InChI=1S/C12H17O3P/c1-5-8-10-14-16(13,12(4)7-3)15-11-9-6-2/h7,12H,3,10-11H2,1-2,4H3. The zero-order chi connectivity index (χ0) is 12.4. The van der Waals surface area contributed by atoms with E-state index in [4.69, 9.17) is 9.05 Å². The zero-order valence-corrected chi connectivity index (χ0v) is 10.8. The second-order valence-electron chi connectivity index (χ2n) is 2.92. The SMILES string of the molecule is C=CC(C)P(=O)(OCC#CC)OCC#CC. The normalized spacial score (nSPS) is 11.7. The van der Waals surface area contributed by atoms with Crippen LogP contribution in [0.2, 0.25) is 0 Å². The number of allylic oxidation sites excluding steroid dienone is 1. The lowest BCUT2D eigenvalue weighted by Crippen LogP contribution is -2.07. The van der Waals surface area contributed by atoms with Crippen LogP contribution >= 0.6 is 7.60 Å². The Kier molecular flexibility index (Phi) is 7.69. The van der Waals surface area contributed by atoms with E-state index in [1.165, 1.54) is 0 Å². The lowest BCUT2D eigenvalue weighted by Gasteiger charge is -2.19. The molecule has 4 heteroatoms. The van der Waals surface area contributed by atoms with Gasteiger partial charge in [-0.1, -0.05) is 17.9 Å². The molecule has 1 atom stereocenters. The molecule has 0 bridgehead atoms. The molecule has 3 nitrogen and oxygen atoms in total. The first-order valence-electron chi connectivity index (χ1n) is 4.91. The Bertz CT molecular complexity index is 351. The second-order valence-corrected chi connectivity index (χ2v) is 5.33. The van der Waals surface area contributed by atoms with E-state index in [1.807, 2.05) is 0 Å². The van der Waals surface area contributed by atoms with Gasteiger partial charge in [0.15, 0.2) is 0 Å². The summed E-state index contributed by atoms with van der Waals surface area (Å²) < 4.78 is 22.6. The summed E-state index contributed by atoms with van der Waals surface area (Å²) in [5.41, 5.74) is -0.371. The Morgan fingerprint density at radius 2 is 1.69 bits per heavy atom. The van der Waals surface area contributed by atoms with Crippen LogP contribution in [0.25, 0.3) is 0 Å². The van der Waals surface area contributed by atoms with Gasteiger partial charge in [0.05, 0.1) is 5.66 Å². The van der Waals surface area contributed by atoms with Gasteiger partial charge in [-0.3, -0.25) is 13.6 Å². The van der Waals surface area contributed by atoms with Crippen molar-refractivity contribution in [1.82, 2.24) is 0 Å². The fraction of sp³-hybridized carbons (Fsp3) is 0.500. The molecule has 0 amide bonds. The maximum absolute atomic E-state index is 12.2. The van der Waals surface area contributed by atoms with Gasteiger partial charge in [-0.15, -0.1) is 18.4 Å². The molecule has 1 unspecified atom stereocenters. The molecule has 0 aliphatic rings. The molecule has 0 aliphatic heterocycles. The molecule has 16 heavy (non-hydrogen) atoms. The van der Waals surface area contributed by atoms with Gasteiger partial charge in [-0.2, -0.15) is 0 Å². The molecule has 0 radical (unpaired) electrons. The average molecular weight is 240 g/mol. The van der Waals surface area contributed by atoms with Crippen molar-refractivity contribution in [2.75, 3.05) is 13.2 Å². The lowest BCUT2D eigenvalue weighted by molar-refractivity contribution is 0.238. The van der Waals surface area contributed by atoms with Gasteiger partial charge in [-0.25, -0.2) is 0 Å². The average Bonchev–Trinajstić information content (AvgIpc) is 2.28. The van der Waals surface area contributed by atoms with Crippen molar-refractivity contribution in [2.24, 2.45) is 0 Å². The monoisotopic (exact) mass is 240 g/mol. The van der Waals surface area contributed by atoms with Crippen LogP contribution in [0.5, 0.6) is 0 Å². The number of rotatable bonds is 6. The Hall–Kier alpha value is -0.990. The summed E-state index contributed by atoms with van der Waals surface area (Å²) in [5.74, 6) is 10.7. The molecule has 88 valence electrons. The van der Waals surface area contributed by atoms with E-state index in [0.29, 0.717) is 0 Å². The summed E-state index contributed by atoms with van der Waals surface area (Å²) in [6, 6.07) is 0. The molecule has 0 heterocycles. The van der Waals surface area contributed by atoms with Gasteiger partial charge in [-0.05, 0) is 20.8 Å². The van der Waals surface area contributed by atoms with Crippen LogP contribution in [0.15, 0.2) is 12.7 Å². The summed E-state index contributed by atoms with van der Waals surface area (Å²) in [6.45, 7) is 8.86. The minimum atomic E-state index is -3.19. The maximum Gasteiger partial charge on any atom is 0.339 e. The summed E-state index contributed by atoms with van der Waals surface area (Å²) in [5, 5.41) is 0. The summed E-state index contributed by atoms with van der Waals surface area (Å²) in [4.78, 5) is 0. The molecule has 0 aromatic rings. The molecule has 0 N–H and O–H groups in total. The van der Waals surface area contributed by atoms with E-state index >= 15 is 0 Å². The largest absolute Gasteiger partial charge is 0.339 e. The third kappa shape index (κ3) is 5.19. The highest BCUT2D eigenvalue weighted by Gasteiger charge is 2.30. The van der Waals surface area contributed by atoms with E-state index in [2.05, 4.69) is 30.3 Å². The van der Waals surface area contributed by atoms with Crippen molar-refractivity contribution < 1.29 is 13.6 Å². The maximum atomic E-state index is 12.2. The van der Waals surface area contributed by atoms with Gasteiger partial charge in [0.25, 0.3) is 0 Å². The van der Waals surface area contributed by atoms with Crippen molar-refractivity contribution in [3.8, 4) is 23.7 Å². The highest BCUT2D eigenvalue weighted by Crippen LogP contribution is 2.53. The van der Waals surface area contributed by atoms with Crippen molar-refractivity contribution in [1.29, 1.82) is 0 Å². The fourth-order valence-corrected chi connectivity index (χ4v) is 2.08. The van der Waals surface area contributed by atoms with E-state index in [1.54, 1.807) is 26.8 Å². The van der Waals surface area contributed by atoms with Crippen molar-refractivity contribution in [3.63, 3.8) is 0 Å². The molecule has 0 aromatic heterocycles. The first kappa shape index (κ1) is 15.0. The quantitative estimate of drug-likeness (QED) is 0.407. The molecular formula is C12H17O3P. The third-order valence-corrected chi connectivity index (χ3v) is 4.01. The highest BCUT2D eigenvalue weighted by molar-refractivity contribution is 7.54. The van der Waals surface area contributed by atoms with Crippen LogP contribution < -0.4 is 0 Å². The van der Waals surface area contributed by atoms with Crippen molar-refractivity contribution >= 4 is 7.60 Å². The van der Waals surface area contributed by atoms with E-state index in [9.17, 15) is 4.57 Å². The lowest BCUT2D eigenvalue weighted by atomic mass is 10.5. The predicted octanol–water partition coefficient (Wildman–Crippen LogP) is 2.83. The zero-order valence-electron chi connectivity index (χ0n) is 9.95. The Morgan fingerprint density at radius 3 is 2.00 bits per heavy atom. The van der Waals surface area contributed by atoms with Crippen LogP contribution in [0, 0.1) is 23.7 Å². The summed E-state index contributed by atoms with van der Waals surface area (Å²) >= 11 is 0. The van der Waals surface area contributed by atoms with Gasteiger partial charge in [0.2, 0.25) is 0 Å². The van der Waals surface area contributed by atoms with E-state index in [0.717, 1.165) is 0 Å².